The van der Waals surface area contributed by atoms with Crippen molar-refractivity contribution in [3.63, 3.8) is 0 Å². The Labute approximate surface area is 186 Å². The molecular formula is C26H25N3OS. The molecule has 4 nitrogen and oxygen atoms in total. The highest BCUT2D eigenvalue weighted by atomic mass is 32.2. The third kappa shape index (κ3) is 4.32. The molecule has 3 aromatic carbocycles. The molecule has 1 aliphatic heterocycles. The summed E-state index contributed by atoms with van der Waals surface area (Å²) in [5.74, 6) is 1.05. The van der Waals surface area contributed by atoms with Crippen molar-refractivity contribution in [2.24, 2.45) is 0 Å². The number of hydrogen-bond donors (Lipinski definition) is 2. The van der Waals surface area contributed by atoms with Crippen LogP contribution in [0.2, 0.25) is 0 Å². The molecule has 0 unspecified atom stereocenters. The molecule has 0 saturated heterocycles. The predicted molar refractivity (Wildman–Crippen MR) is 129 cm³/mol. The van der Waals surface area contributed by atoms with E-state index in [0.717, 1.165) is 42.0 Å². The number of rotatable bonds is 6. The number of aromatic nitrogens is 1. The van der Waals surface area contributed by atoms with Crippen molar-refractivity contribution in [2.45, 2.75) is 17.9 Å². The first-order valence-corrected chi connectivity index (χ1v) is 11.7. The van der Waals surface area contributed by atoms with Crippen LogP contribution in [-0.2, 0) is 13.0 Å². The smallest absolute Gasteiger partial charge is 0.251 e. The fourth-order valence-electron chi connectivity index (χ4n) is 4.13. The number of H-pyrrole nitrogens is 1. The van der Waals surface area contributed by atoms with Crippen molar-refractivity contribution in [3.05, 3.63) is 95.7 Å². The van der Waals surface area contributed by atoms with E-state index in [-0.39, 0.29) is 5.91 Å². The van der Waals surface area contributed by atoms with Gasteiger partial charge in [-0.3, -0.25) is 4.79 Å². The van der Waals surface area contributed by atoms with Gasteiger partial charge in [0.2, 0.25) is 0 Å². The Morgan fingerprint density at radius 3 is 2.77 bits per heavy atom. The topological polar surface area (TPSA) is 48.1 Å². The third-order valence-corrected chi connectivity index (χ3v) is 6.79. The first kappa shape index (κ1) is 19.8. The quantitative estimate of drug-likeness (QED) is 0.442. The Balaban J connectivity index is 1.27. The highest BCUT2D eigenvalue weighted by Gasteiger charge is 2.19. The number of aromatic amines is 1. The Bertz CT molecular complexity index is 1200. The van der Waals surface area contributed by atoms with Gasteiger partial charge in [-0.2, -0.15) is 0 Å². The first-order chi connectivity index (χ1) is 15.3. The van der Waals surface area contributed by atoms with Crippen LogP contribution >= 0.6 is 11.8 Å². The van der Waals surface area contributed by atoms with E-state index < -0.39 is 0 Å². The SMILES string of the molecule is O=C(NCCc1c[nH]c2ccccc12)c1ccc2c(c1)N(Cc1ccccc1)CCS2. The number of carbonyl (C=O) groups excluding carboxylic acids is 1. The van der Waals surface area contributed by atoms with E-state index in [1.807, 2.05) is 48.3 Å². The average molecular weight is 428 g/mol. The minimum Gasteiger partial charge on any atom is -0.365 e. The molecule has 5 heteroatoms. The van der Waals surface area contributed by atoms with Crippen LogP contribution in [-0.4, -0.2) is 29.7 Å². The van der Waals surface area contributed by atoms with E-state index in [9.17, 15) is 4.79 Å². The van der Waals surface area contributed by atoms with Crippen molar-refractivity contribution in [3.8, 4) is 0 Å². The van der Waals surface area contributed by atoms with Gasteiger partial charge in [-0.15, -0.1) is 11.8 Å². The van der Waals surface area contributed by atoms with Crippen molar-refractivity contribution in [1.29, 1.82) is 0 Å². The Morgan fingerprint density at radius 1 is 1.03 bits per heavy atom. The number of thioether (sulfide) groups is 1. The maximum absolute atomic E-state index is 12.8. The van der Waals surface area contributed by atoms with E-state index in [1.54, 1.807) is 0 Å². The predicted octanol–water partition coefficient (Wildman–Crippen LogP) is 5.25. The Morgan fingerprint density at radius 2 is 1.87 bits per heavy atom. The zero-order valence-electron chi connectivity index (χ0n) is 17.3. The lowest BCUT2D eigenvalue weighted by Gasteiger charge is -2.31. The lowest BCUT2D eigenvalue weighted by molar-refractivity contribution is 0.0954. The summed E-state index contributed by atoms with van der Waals surface area (Å²) in [6.07, 6.45) is 2.84. The summed E-state index contributed by atoms with van der Waals surface area (Å²) in [7, 11) is 0. The molecule has 2 N–H and O–H groups in total. The van der Waals surface area contributed by atoms with Crippen molar-refractivity contribution in [2.75, 3.05) is 23.7 Å². The van der Waals surface area contributed by atoms with Gasteiger partial charge in [0.15, 0.2) is 0 Å². The molecule has 0 atom stereocenters. The summed E-state index contributed by atoms with van der Waals surface area (Å²) in [6.45, 7) is 2.46. The number of amides is 1. The van der Waals surface area contributed by atoms with Gasteiger partial charge in [0.25, 0.3) is 5.91 Å². The van der Waals surface area contributed by atoms with Crippen LogP contribution in [0, 0.1) is 0 Å². The van der Waals surface area contributed by atoms with Gasteiger partial charge in [-0.25, -0.2) is 0 Å². The van der Waals surface area contributed by atoms with Crippen molar-refractivity contribution in [1.82, 2.24) is 10.3 Å². The van der Waals surface area contributed by atoms with Crippen LogP contribution in [0.5, 0.6) is 0 Å². The lowest BCUT2D eigenvalue weighted by Crippen LogP contribution is -2.30. The summed E-state index contributed by atoms with van der Waals surface area (Å²) in [4.78, 5) is 19.8. The normalized spacial score (nSPS) is 13.2. The highest BCUT2D eigenvalue weighted by molar-refractivity contribution is 7.99. The lowest BCUT2D eigenvalue weighted by atomic mass is 10.1. The highest BCUT2D eigenvalue weighted by Crippen LogP contribution is 2.36. The van der Waals surface area contributed by atoms with E-state index in [2.05, 4.69) is 57.7 Å². The summed E-state index contributed by atoms with van der Waals surface area (Å²) >= 11 is 1.86. The number of hydrogen-bond acceptors (Lipinski definition) is 3. The summed E-state index contributed by atoms with van der Waals surface area (Å²) in [5.41, 5.74) is 5.53. The van der Waals surface area contributed by atoms with Gasteiger partial charge in [-0.1, -0.05) is 48.5 Å². The second kappa shape index (κ2) is 8.90. The molecule has 0 saturated carbocycles. The Kier molecular flexibility index (Phi) is 5.67. The maximum atomic E-state index is 12.8. The van der Waals surface area contributed by atoms with Crippen LogP contribution in [0.25, 0.3) is 10.9 Å². The second-order valence-corrected chi connectivity index (χ2v) is 8.94. The van der Waals surface area contributed by atoms with Crippen LogP contribution < -0.4 is 10.2 Å². The first-order valence-electron chi connectivity index (χ1n) is 10.7. The molecular weight excluding hydrogens is 402 g/mol. The van der Waals surface area contributed by atoms with E-state index in [4.69, 9.17) is 0 Å². The Hall–Kier alpha value is -3.18. The molecule has 0 bridgehead atoms. The third-order valence-electron chi connectivity index (χ3n) is 5.75. The maximum Gasteiger partial charge on any atom is 0.251 e. The summed E-state index contributed by atoms with van der Waals surface area (Å²) in [5, 5.41) is 4.32. The van der Waals surface area contributed by atoms with Gasteiger partial charge in [0, 0.05) is 52.9 Å². The number of anilines is 1. The van der Waals surface area contributed by atoms with Crippen LogP contribution in [0.15, 0.2) is 83.9 Å². The van der Waals surface area contributed by atoms with Crippen LogP contribution in [0.1, 0.15) is 21.5 Å². The largest absolute Gasteiger partial charge is 0.365 e. The monoisotopic (exact) mass is 427 g/mol. The number of nitrogens with zero attached hydrogens (tertiary/aromatic N) is 1. The van der Waals surface area contributed by atoms with Crippen molar-refractivity contribution >= 4 is 34.3 Å². The number of benzene rings is 3. The molecule has 0 fully saturated rings. The summed E-state index contributed by atoms with van der Waals surface area (Å²) in [6, 6.07) is 24.8. The van der Waals surface area contributed by atoms with E-state index in [0.29, 0.717) is 6.54 Å². The standard InChI is InChI=1S/C26H25N3OS/c30-26(27-13-12-21-17-28-23-9-5-4-8-22(21)23)20-10-11-25-24(16-20)29(14-15-31-25)18-19-6-2-1-3-7-19/h1-11,16-17,28H,12-15,18H2,(H,27,30). The molecule has 0 aliphatic carbocycles. The fraction of sp³-hybridized carbons (Fsp3) is 0.192. The molecule has 31 heavy (non-hydrogen) atoms. The molecule has 0 radical (unpaired) electrons. The average Bonchev–Trinajstić information content (AvgIpc) is 3.23. The van der Waals surface area contributed by atoms with E-state index >= 15 is 0 Å². The molecule has 1 aromatic heterocycles. The van der Waals surface area contributed by atoms with E-state index in [1.165, 1.54) is 21.4 Å². The number of carbonyl (C=O) groups is 1. The molecule has 156 valence electrons. The minimum atomic E-state index is -0.0159. The molecule has 5 rings (SSSR count). The van der Waals surface area contributed by atoms with Gasteiger partial charge in [0.05, 0.1) is 5.69 Å². The zero-order valence-corrected chi connectivity index (χ0v) is 18.1. The van der Waals surface area contributed by atoms with Crippen LogP contribution in [0.3, 0.4) is 0 Å². The second-order valence-electron chi connectivity index (χ2n) is 7.80. The molecule has 2 heterocycles. The molecule has 0 spiro atoms. The van der Waals surface area contributed by atoms with Gasteiger partial charge >= 0.3 is 0 Å². The minimum absolute atomic E-state index is 0.0159. The molecule has 1 aliphatic rings. The molecule has 4 aromatic rings. The van der Waals surface area contributed by atoms with Gasteiger partial charge < -0.3 is 15.2 Å². The number of nitrogens with one attached hydrogen (secondary N) is 2. The summed E-state index contributed by atoms with van der Waals surface area (Å²) < 4.78 is 0. The van der Waals surface area contributed by atoms with Crippen LogP contribution in [0.4, 0.5) is 5.69 Å². The number of fused-ring (bicyclic) bond motifs is 2. The van der Waals surface area contributed by atoms with Crippen molar-refractivity contribution < 1.29 is 4.79 Å². The fourth-order valence-corrected chi connectivity index (χ4v) is 5.17. The zero-order chi connectivity index (χ0) is 21.0. The van der Waals surface area contributed by atoms with Gasteiger partial charge in [0.1, 0.15) is 0 Å². The van der Waals surface area contributed by atoms with Gasteiger partial charge in [-0.05, 0) is 41.8 Å². The number of para-hydroxylation sites is 1. The molecule has 1 amide bonds.